The van der Waals surface area contributed by atoms with Crippen LogP contribution in [-0.4, -0.2) is 43.6 Å². The van der Waals surface area contributed by atoms with Gasteiger partial charge in [-0.25, -0.2) is 0 Å². The van der Waals surface area contributed by atoms with Crippen molar-refractivity contribution in [3.63, 3.8) is 0 Å². The number of hydrogen-bond acceptors (Lipinski definition) is 3. The fraction of sp³-hybridized carbons (Fsp3) is 0.353. The van der Waals surface area contributed by atoms with Gasteiger partial charge in [-0.05, 0) is 50.3 Å². The van der Waals surface area contributed by atoms with Crippen molar-refractivity contribution in [2.75, 3.05) is 38.6 Å². The van der Waals surface area contributed by atoms with Crippen LogP contribution in [0.1, 0.15) is 5.56 Å². The minimum Gasteiger partial charge on any atom is -0.370 e. The van der Waals surface area contributed by atoms with Gasteiger partial charge in [0.2, 0.25) is 0 Å². The molecule has 3 nitrogen and oxygen atoms in total. The standard InChI is InChI=1S/C17H23N3/c1-19(2)14-15-20(17-6-4-3-5-7-17)13-10-16-8-11-18-12-9-16/h3-9,11-12H,10,13-15H2,1-2H3. The molecule has 3 heteroatoms. The molecule has 1 aromatic heterocycles. The van der Waals surface area contributed by atoms with Crippen LogP contribution in [0.4, 0.5) is 5.69 Å². The summed E-state index contributed by atoms with van der Waals surface area (Å²) >= 11 is 0. The molecule has 0 unspecified atom stereocenters. The van der Waals surface area contributed by atoms with Gasteiger partial charge in [0.25, 0.3) is 0 Å². The third-order valence-electron chi connectivity index (χ3n) is 3.36. The molecule has 0 aliphatic carbocycles. The largest absolute Gasteiger partial charge is 0.370 e. The first-order valence-corrected chi connectivity index (χ1v) is 7.09. The van der Waals surface area contributed by atoms with E-state index in [0.29, 0.717) is 0 Å². The molecule has 1 aromatic carbocycles. The first-order valence-electron chi connectivity index (χ1n) is 7.09. The average molecular weight is 269 g/mol. The summed E-state index contributed by atoms with van der Waals surface area (Å²) in [4.78, 5) is 8.74. The van der Waals surface area contributed by atoms with Gasteiger partial charge in [0.1, 0.15) is 0 Å². The van der Waals surface area contributed by atoms with Crippen molar-refractivity contribution in [3.05, 3.63) is 60.4 Å². The van der Waals surface area contributed by atoms with Crippen molar-refractivity contribution in [1.29, 1.82) is 0 Å². The van der Waals surface area contributed by atoms with Crippen molar-refractivity contribution >= 4 is 5.69 Å². The Kier molecular flexibility index (Phi) is 5.56. The molecule has 0 amide bonds. The molecule has 0 saturated carbocycles. The minimum atomic E-state index is 1.03. The van der Waals surface area contributed by atoms with Gasteiger partial charge in [-0.15, -0.1) is 0 Å². The zero-order chi connectivity index (χ0) is 14.2. The van der Waals surface area contributed by atoms with Crippen LogP contribution in [0, 0.1) is 0 Å². The Hall–Kier alpha value is -1.87. The van der Waals surface area contributed by atoms with Gasteiger partial charge in [0.15, 0.2) is 0 Å². The summed E-state index contributed by atoms with van der Waals surface area (Å²) in [5.74, 6) is 0. The summed E-state index contributed by atoms with van der Waals surface area (Å²) in [6.45, 7) is 3.13. The molecule has 2 aromatic rings. The summed E-state index contributed by atoms with van der Waals surface area (Å²) in [7, 11) is 4.23. The van der Waals surface area contributed by atoms with E-state index in [-0.39, 0.29) is 0 Å². The van der Waals surface area contributed by atoms with Gasteiger partial charge in [0.05, 0.1) is 0 Å². The molecule has 1 heterocycles. The second-order valence-corrected chi connectivity index (χ2v) is 5.23. The van der Waals surface area contributed by atoms with Gasteiger partial charge in [-0.1, -0.05) is 18.2 Å². The van der Waals surface area contributed by atoms with Crippen molar-refractivity contribution in [2.45, 2.75) is 6.42 Å². The normalized spacial score (nSPS) is 10.8. The number of benzene rings is 1. The Morgan fingerprint density at radius 1 is 0.850 bits per heavy atom. The lowest BCUT2D eigenvalue weighted by Crippen LogP contribution is -2.33. The minimum absolute atomic E-state index is 1.03. The lowest BCUT2D eigenvalue weighted by molar-refractivity contribution is 0.413. The van der Waals surface area contributed by atoms with E-state index in [1.54, 1.807) is 0 Å². The third-order valence-corrected chi connectivity index (χ3v) is 3.36. The summed E-state index contributed by atoms with van der Waals surface area (Å²) in [5.41, 5.74) is 2.63. The van der Waals surface area contributed by atoms with Crippen LogP contribution in [0.5, 0.6) is 0 Å². The number of anilines is 1. The molecule has 0 spiro atoms. The highest BCUT2D eigenvalue weighted by atomic mass is 15.2. The highest BCUT2D eigenvalue weighted by Crippen LogP contribution is 2.14. The van der Waals surface area contributed by atoms with Crippen molar-refractivity contribution in [2.24, 2.45) is 0 Å². The van der Waals surface area contributed by atoms with E-state index in [4.69, 9.17) is 0 Å². The molecule has 0 aliphatic heterocycles. The molecule has 2 rings (SSSR count). The van der Waals surface area contributed by atoms with E-state index in [9.17, 15) is 0 Å². The predicted octanol–water partition coefficient (Wildman–Crippen LogP) is 2.69. The van der Waals surface area contributed by atoms with Crippen LogP contribution in [0.15, 0.2) is 54.9 Å². The highest BCUT2D eigenvalue weighted by Gasteiger charge is 2.06. The fourth-order valence-electron chi connectivity index (χ4n) is 2.14. The van der Waals surface area contributed by atoms with E-state index < -0.39 is 0 Å². The quantitative estimate of drug-likeness (QED) is 0.770. The smallest absolute Gasteiger partial charge is 0.0366 e. The van der Waals surface area contributed by atoms with Gasteiger partial charge in [-0.2, -0.15) is 0 Å². The van der Waals surface area contributed by atoms with Gasteiger partial charge < -0.3 is 9.80 Å². The summed E-state index contributed by atoms with van der Waals surface area (Å²) < 4.78 is 0. The Morgan fingerprint density at radius 2 is 1.55 bits per heavy atom. The first kappa shape index (κ1) is 14.5. The number of hydrogen-bond donors (Lipinski definition) is 0. The van der Waals surface area contributed by atoms with Crippen LogP contribution in [0.2, 0.25) is 0 Å². The van der Waals surface area contributed by atoms with E-state index >= 15 is 0 Å². The molecular formula is C17H23N3. The Morgan fingerprint density at radius 3 is 2.20 bits per heavy atom. The number of pyridine rings is 1. The number of aromatic nitrogens is 1. The third kappa shape index (κ3) is 4.67. The lowest BCUT2D eigenvalue weighted by Gasteiger charge is -2.26. The molecular weight excluding hydrogens is 246 g/mol. The topological polar surface area (TPSA) is 19.4 Å². The summed E-state index contributed by atoms with van der Waals surface area (Å²) in [5, 5.41) is 0. The first-order chi connectivity index (χ1) is 9.75. The molecule has 0 saturated heterocycles. The van der Waals surface area contributed by atoms with Crippen molar-refractivity contribution < 1.29 is 0 Å². The van der Waals surface area contributed by atoms with E-state index in [0.717, 1.165) is 26.1 Å². The number of likely N-dealkylation sites (N-methyl/N-ethyl adjacent to an activating group) is 1. The second kappa shape index (κ2) is 7.65. The van der Waals surface area contributed by atoms with Gasteiger partial charge in [0, 0.05) is 37.7 Å². The Labute approximate surface area is 121 Å². The maximum Gasteiger partial charge on any atom is 0.0366 e. The molecule has 0 fully saturated rings. The van der Waals surface area contributed by atoms with Crippen molar-refractivity contribution in [1.82, 2.24) is 9.88 Å². The van der Waals surface area contributed by atoms with Crippen LogP contribution in [0.25, 0.3) is 0 Å². The zero-order valence-electron chi connectivity index (χ0n) is 12.4. The average Bonchev–Trinajstić information content (AvgIpc) is 2.49. The molecule has 0 aliphatic rings. The van der Waals surface area contributed by atoms with E-state index in [2.05, 4.69) is 71.3 Å². The number of para-hydroxylation sites is 1. The Bertz CT molecular complexity index is 482. The van der Waals surface area contributed by atoms with Crippen LogP contribution >= 0.6 is 0 Å². The monoisotopic (exact) mass is 269 g/mol. The molecule has 0 bridgehead atoms. The molecule has 0 radical (unpaired) electrons. The Balaban J connectivity index is 1.99. The van der Waals surface area contributed by atoms with Crippen LogP contribution < -0.4 is 4.90 Å². The predicted molar refractivity (Wildman–Crippen MR) is 85.2 cm³/mol. The highest BCUT2D eigenvalue weighted by molar-refractivity contribution is 5.46. The summed E-state index contributed by atoms with van der Waals surface area (Å²) in [6, 6.07) is 14.8. The van der Waals surface area contributed by atoms with Crippen molar-refractivity contribution in [3.8, 4) is 0 Å². The van der Waals surface area contributed by atoms with Crippen LogP contribution in [0.3, 0.4) is 0 Å². The SMILES string of the molecule is CN(C)CCN(CCc1ccncc1)c1ccccc1. The van der Waals surface area contributed by atoms with Gasteiger partial charge >= 0.3 is 0 Å². The number of rotatable bonds is 7. The molecule has 106 valence electrons. The maximum absolute atomic E-state index is 4.07. The fourth-order valence-corrected chi connectivity index (χ4v) is 2.14. The zero-order valence-corrected chi connectivity index (χ0v) is 12.4. The molecule has 0 atom stereocenters. The summed E-state index contributed by atoms with van der Waals surface area (Å²) in [6.07, 6.45) is 4.77. The van der Waals surface area contributed by atoms with E-state index in [1.807, 2.05) is 12.4 Å². The molecule has 0 N–H and O–H groups in total. The number of nitrogens with zero attached hydrogens (tertiary/aromatic N) is 3. The van der Waals surface area contributed by atoms with E-state index in [1.165, 1.54) is 11.3 Å². The van der Waals surface area contributed by atoms with Crippen LogP contribution in [-0.2, 0) is 6.42 Å². The maximum atomic E-state index is 4.07. The van der Waals surface area contributed by atoms with Gasteiger partial charge in [-0.3, -0.25) is 4.98 Å². The molecule has 20 heavy (non-hydrogen) atoms. The lowest BCUT2D eigenvalue weighted by atomic mass is 10.2. The second-order valence-electron chi connectivity index (χ2n) is 5.23.